The lowest BCUT2D eigenvalue weighted by Gasteiger charge is -2.44. The highest BCUT2D eigenvalue weighted by atomic mass is 16.3. The third-order valence-electron chi connectivity index (χ3n) is 7.79. The number of rotatable bonds is 5. The molecule has 0 bridgehead atoms. The van der Waals surface area contributed by atoms with Crippen LogP contribution in [-0.4, -0.2) is 11.2 Å². The second-order valence-electron chi connectivity index (χ2n) is 9.62. The molecule has 0 aromatic carbocycles. The highest BCUT2D eigenvalue weighted by Crippen LogP contribution is 2.59. The molecule has 3 aliphatic carbocycles. The van der Waals surface area contributed by atoms with Crippen molar-refractivity contribution in [2.75, 3.05) is 0 Å². The summed E-state index contributed by atoms with van der Waals surface area (Å²) in [5.41, 5.74) is 4.56. The van der Waals surface area contributed by atoms with Gasteiger partial charge in [0.1, 0.15) is 0 Å². The van der Waals surface area contributed by atoms with Crippen molar-refractivity contribution in [3.8, 4) is 0 Å². The molecule has 3 fully saturated rings. The van der Waals surface area contributed by atoms with Gasteiger partial charge >= 0.3 is 0 Å². The van der Waals surface area contributed by atoms with Gasteiger partial charge in [0.2, 0.25) is 0 Å². The normalized spacial score (nSPS) is 36.0. The molecule has 0 aromatic rings. The second kappa shape index (κ2) is 11.3. The Kier molecular flexibility index (Phi) is 10.1. The van der Waals surface area contributed by atoms with Crippen LogP contribution in [0.15, 0.2) is 47.6 Å². The van der Waals surface area contributed by atoms with E-state index < -0.39 is 0 Å². The third kappa shape index (κ3) is 5.73. The van der Waals surface area contributed by atoms with Crippen LogP contribution in [-0.2, 0) is 0 Å². The number of hydrogen-bond acceptors (Lipinski definition) is 2. The molecule has 2 heteroatoms. The van der Waals surface area contributed by atoms with Crippen LogP contribution in [0.5, 0.6) is 0 Å². The molecule has 0 saturated heterocycles. The summed E-state index contributed by atoms with van der Waals surface area (Å²) in [4.78, 5) is 0. The Bertz CT molecular complexity index is 628. The monoisotopic (exact) mass is 401 g/mol. The summed E-state index contributed by atoms with van der Waals surface area (Å²) in [5, 5.41) is 10.1. The fourth-order valence-electron chi connectivity index (χ4n) is 6.11. The number of allylic oxidation sites excluding steroid dienone is 5. The van der Waals surface area contributed by atoms with E-state index in [9.17, 15) is 5.11 Å². The first-order valence-electron chi connectivity index (χ1n) is 11.4. The predicted molar refractivity (Wildman–Crippen MR) is 128 cm³/mol. The Morgan fingerprint density at radius 3 is 2.66 bits per heavy atom. The Hall–Kier alpha value is -1.12. The fraction of sp³-hybridized carbons (Fsp3) is 0.704. The predicted octanol–water partition coefficient (Wildman–Crippen LogP) is 7.95. The standard InChI is InChI=1S/C26H40O.CH4.H3N/c1-5-6-7-9-19(2)23-15-16-24-22(10-8-17-26(23,24)4)14-13-21-12-11-20(3)25(27)18-21;;/h7,9,13-14,19,23-25,27H,3,5-6,8,10-12,15-18H2,1-2,4H3;1H4;1H3/b9-7+,21-13-,22-14+;;/t19-,23?,24?,25+,26+;;/m0../s1. The lowest BCUT2D eigenvalue weighted by Crippen LogP contribution is -2.35. The van der Waals surface area contributed by atoms with Crippen LogP contribution in [0.3, 0.4) is 0 Å². The Balaban J connectivity index is 0.00000210. The van der Waals surface area contributed by atoms with Crippen LogP contribution in [0.25, 0.3) is 0 Å². The molecule has 3 saturated carbocycles. The third-order valence-corrected chi connectivity index (χ3v) is 7.79. The van der Waals surface area contributed by atoms with Crippen molar-refractivity contribution in [3.63, 3.8) is 0 Å². The fourth-order valence-corrected chi connectivity index (χ4v) is 6.11. The molecular weight excluding hydrogens is 354 g/mol. The molecule has 2 unspecified atom stereocenters. The maximum atomic E-state index is 10.1. The Morgan fingerprint density at radius 2 is 1.97 bits per heavy atom. The summed E-state index contributed by atoms with van der Waals surface area (Å²) in [5.74, 6) is 2.29. The van der Waals surface area contributed by atoms with Crippen LogP contribution < -0.4 is 6.15 Å². The molecule has 166 valence electrons. The molecule has 3 rings (SSSR count). The first kappa shape index (κ1) is 25.9. The van der Waals surface area contributed by atoms with Gasteiger partial charge in [0.05, 0.1) is 6.10 Å². The summed E-state index contributed by atoms with van der Waals surface area (Å²) in [6.07, 6.45) is 21.4. The number of unbranched alkanes of at least 4 members (excludes halogenated alkanes) is 1. The number of aliphatic hydroxyl groups is 1. The molecule has 0 heterocycles. The zero-order valence-corrected chi connectivity index (χ0v) is 18.6. The first-order valence-corrected chi connectivity index (χ1v) is 11.4. The van der Waals surface area contributed by atoms with Crippen molar-refractivity contribution >= 4 is 0 Å². The average molecular weight is 402 g/mol. The van der Waals surface area contributed by atoms with E-state index in [0.717, 1.165) is 36.7 Å². The summed E-state index contributed by atoms with van der Waals surface area (Å²) in [7, 11) is 0. The van der Waals surface area contributed by atoms with Crippen LogP contribution >= 0.6 is 0 Å². The van der Waals surface area contributed by atoms with Gasteiger partial charge < -0.3 is 11.3 Å². The van der Waals surface area contributed by atoms with Gasteiger partial charge in [-0.3, -0.25) is 0 Å². The van der Waals surface area contributed by atoms with Crippen molar-refractivity contribution in [1.29, 1.82) is 0 Å². The van der Waals surface area contributed by atoms with Gasteiger partial charge in [-0.2, -0.15) is 0 Å². The maximum Gasteiger partial charge on any atom is 0.0784 e. The topological polar surface area (TPSA) is 55.2 Å². The van der Waals surface area contributed by atoms with Crippen molar-refractivity contribution in [2.45, 2.75) is 98.5 Å². The summed E-state index contributed by atoms with van der Waals surface area (Å²) in [6.45, 7) is 11.3. The van der Waals surface area contributed by atoms with Crippen molar-refractivity contribution < 1.29 is 5.11 Å². The molecule has 29 heavy (non-hydrogen) atoms. The van der Waals surface area contributed by atoms with Gasteiger partial charge in [0.25, 0.3) is 0 Å². The summed E-state index contributed by atoms with van der Waals surface area (Å²) >= 11 is 0. The second-order valence-corrected chi connectivity index (χ2v) is 9.62. The van der Waals surface area contributed by atoms with E-state index in [-0.39, 0.29) is 19.7 Å². The molecule has 2 nitrogen and oxygen atoms in total. The largest absolute Gasteiger partial charge is 0.388 e. The van der Waals surface area contributed by atoms with Crippen molar-refractivity contribution in [1.82, 2.24) is 6.15 Å². The van der Waals surface area contributed by atoms with E-state index in [1.54, 1.807) is 5.57 Å². The van der Waals surface area contributed by atoms with Gasteiger partial charge in [0, 0.05) is 0 Å². The van der Waals surface area contributed by atoms with E-state index in [1.807, 2.05) is 0 Å². The number of fused-ring (bicyclic) bond motifs is 1. The summed E-state index contributed by atoms with van der Waals surface area (Å²) in [6, 6.07) is 0. The van der Waals surface area contributed by atoms with E-state index in [0.29, 0.717) is 11.3 Å². The molecular formula is C27H47NO. The zero-order valence-electron chi connectivity index (χ0n) is 18.6. The number of aliphatic hydroxyl groups excluding tert-OH is 1. The van der Waals surface area contributed by atoms with Crippen LogP contribution in [0.4, 0.5) is 0 Å². The molecule has 0 spiro atoms. The molecule has 3 aliphatic rings. The van der Waals surface area contributed by atoms with Gasteiger partial charge in [-0.1, -0.05) is 76.6 Å². The molecule has 0 aromatic heterocycles. The lowest BCUT2D eigenvalue weighted by molar-refractivity contribution is 0.112. The van der Waals surface area contributed by atoms with E-state index >= 15 is 0 Å². The SMILES string of the molecule is C.C=C1CC/C(=C/C=C2\CCC[C@@]3(C)C2CCC3[C@@H](C)/C=C/CCC)C[C@H]1O.N. The van der Waals surface area contributed by atoms with Crippen molar-refractivity contribution in [3.05, 3.63) is 47.6 Å². The van der Waals surface area contributed by atoms with E-state index in [1.165, 1.54) is 50.5 Å². The Labute approximate surface area is 180 Å². The van der Waals surface area contributed by atoms with Gasteiger partial charge in [-0.25, -0.2) is 0 Å². The maximum absolute atomic E-state index is 10.1. The van der Waals surface area contributed by atoms with Crippen LogP contribution in [0.1, 0.15) is 92.4 Å². The van der Waals surface area contributed by atoms with Crippen molar-refractivity contribution in [2.24, 2.45) is 23.2 Å². The highest BCUT2D eigenvalue weighted by Gasteiger charge is 2.50. The van der Waals surface area contributed by atoms with E-state index in [4.69, 9.17) is 0 Å². The minimum atomic E-state index is -0.327. The smallest absolute Gasteiger partial charge is 0.0784 e. The quantitative estimate of drug-likeness (QED) is 0.459. The number of hydrogen-bond donors (Lipinski definition) is 2. The average Bonchev–Trinajstić information content (AvgIpc) is 3.00. The zero-order chi connectivity index (χ0) is 19.4. The minimum Gasteiger partial charge on any atom is -0.388 e. The van der Waals surface area contributed by atoms with Crippen LogP contribution in [0, 0.1) is 23.2 Å². The highest BCUT2D eigenvalue weighted by molar-refractivity contribution is 5.28. The Morgan fingerprint density at radius 1 is 1.21 bits per heavy atom. The van der Waals surface area contributed by atoms with E-state index in [2.05, 4.69) is 51.7 Å². The van der Waals surface area contributed by atoms with Crippen LogP contribution in [0.2, 0.25) is 0 Å². The summed E-state index contributed by atoms with van der Waals surface area (Å²) < 4.78 is 0. The lowest BCUT2D eigenvalue weighted by atomic mass is 9.61. The molecule has 5 atom stereocenters. The van der Waals surface area contributed by atoms with Gasteiger partial charge in [-0.15, -0.1) is 0 Å². The molecule has 0 radical (unpaired) electrons. The molecule has 0 aliphatic heterocycles. The first-order chi connectivity index (χ1) is 13.0. The van der Waals surface area contributed by atoms with Gasteiger partial charge in [-0.05, 0) is 86.5 Å². The van der Waals surface area contributed by atoms with Gasteiger partial charge in [0.15, 0.2) is 0 Å². The molecule has 0 amide bonds. The minimum absolute atomic E-state index is 0. The molecule has 4 N–H and O–H groups in total.